The van der Waals surface area contributed by atoms with Gasteiger partial charge in [0.05, 0.1) is 16.5 Å². The summed E-state index contributed by atoms with van der Waals surface area (Å²) < 4.78 is 22.5. The largest absolute Gasteiger partial charge is 0.298 e. The van der Waals surface area contributed by atoms with E-state index in [1.165, 1.54) is 6.07 Å². The predicted octanol–water partition coefficient (Wildman–Crippen LogP) is 1.86. The van der Waals surface area contributed by atoms with E-state index in [0.29, 0.717) is 18.3 Å². The van der Waals surface area contributed by atoms with Crippen LogP contribution in [0.4, 0.5) is 0 Å². The van der Waals surface area contributed by atoms with Crippen LogP contribution in [0.1, 0.15) is 28.4 Å². The molecule has 0 fully saturated rings. The average molecular weight is 258 g/mol. The normalized spacial score (nSPS) is 10.8. The summed E-state index contributed by atoms with van der Waals surface area (Å²) in [4.78, 5) is 10.6. The number of nitrogens with zero attached hydrogens (tertiary/aromatic N) is 1. The Morgan fingerprint density at radius 3 is 2.50 bits per heavy atom. The molecule has 1 rings (SSSR count). The van der Waals surface area contributed by atoms with E-state index >= 15 is 0 Å². The van der Waals surface area contributed by atoms with Gasteiger partial charge in [-0.1, -0.05) is 6.92 Å². The molecule has 0 heterocycles. The zero-order valence-electron chi connectivity index (χ0n) is 8.40. The second-order valence-corrected chi connectivity index (χ2v) is 5.60. The molecule has 0 atom stereocenters. The maximum absolute atomic E-state index is 11.2. The van der Waals surface area contributed by atoms with Crippen LogP contribution in [0.3, 0.4) is 0 Å². The molecule has 0 aliphatic rings. The molecule has 0 spiro atoms. The Kier molecular flexibility index (Phi) is 3.68. The van der Waals surface area contributed by atoms with Crippen molar-refractivity contribution < 1.29 is 13.2 Å². The van der Waals surface area contributed by atoms with Gasteiger partial charge in [-0.25, -0.2) is 8.42 Å². The number of aldehydes is 1. The average Bonchev–Trinajstić information content (AvgIpc) is 2.25. The first-order valence-electron chi connectivity index (χ1n) is 4.41. The lowest BCUT2D eigenvalue weighted by Gasteiger charge is -2.06. The van der Waals surface area contributed by atoms with Gasteiger partial charge in [0.25, 0.3) is 9.05 Å². The number of halogens is 1. The molecule has 0 saturated heterocycles. The number of hydrogen-bond acceptors (Lipinski definition) is 4. The first-order chi connectivity index (χ1) is 7.43. The Balaban J connectivity index is 3.65. The molecule has 0 unspecified atom stereocenters. The maximum Gasteiger partial charge on any atom is 0.261 e. The second-order valence-electron chi connectivity index (χ2n) is 3.07. The minimum atomic E-state index is -3.90. The standard InChI is InChI=1S/C10H8ClNO3S/c1-2-7-3-9(6-13)8(5-12)4-10(7)16(11,14)15/h3-4,6H,2H2,1H3. The van der Waals surface area contributed by atoms with Crippen LogP contribution in [0.5, 0.6) is 0 Å². The Morgan fingerprint density at radius 2 is 2.12 bits per heavy atom. The van der Waals surface area contributed by atoms with Gasteiger partial charge >= 0.3 is 0 Å². The zero-order chi connectivity index (χ0) is 12.3. The highest BCUT2D eigenvalue weighted by atomic mass is 35.7. The van der Waals surface area contributed by atoms with Gasteiger partial charge in [0.15, 0.2) is 6.29 Å². The van der Waals surface area contributed by atoms with E-state index in [2.05, 4.69) is 0 Å². The molecule has 0 aliphatic heterocycles. The van der Waals surface area contributed by atoms with E-state index < -0.39 is 9.05 Å². The first kappa shape index (κ1) is 12.7. The van der Waals surface area contributed by atoms with Crippen molar-refractivity contribution in [3.05, 3.63) is 28.8 Å². The highest BCUT2D eigenvalue weighted by Gasteiger charge is 2.17. The molecule has 4 nitrogen and oxygen atoms in total. The smallest absolute Gasteiger partial charge is 0.261 e. The van der Waals surface area contributed by atoms with Crippen LogP contribution in [-0.4, -0.2) is 14.7 Å². The third kappa shape index (κ3) is 2.40. The number of carbonyl (C=O) groups excluding carboxylic acids is 1. The number of aryl methyl sites for hydroxylation is 1. The van der Waals surface area contributed by atoms with E-state index in [0.717, 1.165) is 6.07 Å². The molecule has 1 aromatic carbocycles. The molecular weight excluding hydrogens is 250 g/mol. The number of nitriles is 1. The molecule has 1 aromatic rings. The predicted molar refractivity (Wildman–Crippen MR) is 59.0 cm³/mol. The molecule has 0 amide bonds. The minimum absolute atomic E-state index is 0.00595. The van der Waals surface area contributed by atoms with Crippen molar-refractivity contribution in [2.45, 2.75) is 18.2 Å². The van der Waals surface area contributed by atoms with Crippen LogP contribution in [0.25, 0.3) is 0 Å². The lowest BCUT2D eigenvalue weighted by Crippen LogP contribution is -2.01. The molecule has 0 bridgehead atoms. The Hall–Kier alpha value is -1.38. The lowest BCUT2D eigenvalue weighted by atomic mass is 10.0. The maximum atomic E-state index is 11.2. The molecule has 0 N–H and O–H groups in total. The van der Waals surface area contributed by atoms with Gasteiger partial charge in [-0.15, -0.1) is 0 Å². The highest BCUT2D eigenvalue weighted by Crippen LogP contribution is 2.24. The summed E-state index contributed by atoms with van der Waals surface area (Å²) in [7, 11) is 1.34. The van der Waals surface area contributed by atoms with Gasteiger partial charge in [-0.3, -0.25) is 4.79 Å². The summed E-state index contributed by atoms with van der Waals surface area (Å²) in [5.41, 5.74) is 0.603. The molecule has 0 saturated carbocycles. The van der Waals surface area contributed by atoms with Crippen molar-refractivity contribution in [3.63, 3.8) is 0 Å². The molecule has 6 heteroatoms. The number of rotatable bonds is 3. The Labute approximate surface area is 97.9 Å². The Morgan fingerprint density at radius 1 is 1.50 bits per heavy atom. The van der Waals surface area contributed by atoms with E-state index in [9.17, 15) is 13.2 Å². The summed E-state index contributed by atoms with van der Waals surface area (Å²) >= 11 is 0. The van der Waals surface area contributed by atoms with Crippen molar-refractivity contribution in [2.75, 3.05) is 0 Å². The third-order valence-corrected chi connectivity index (χ3v) is 3.53. The lowest BCUT2D eigenvalue weighted by molar-refractivity contribution is 0.112. The van der Waals surface area contributed by atoms with Crippen molar-refractivity contribution in [1.29, 1.82) is 5.26 Å². The fourth-order valence-corrected chi connectivity index (χ4v) is 2.55. The van der Waals surface area contributed by atoms with E-state index in [1.54, 1.807) is 13.0 Å². The number of benzene rings is 1. The van der Waals surface area contributed by atoms with Crippen molar-refractivity contribution in [3.8, 4) is 6.07 Å². The van der Waals surface area contributed by atoms with Crippen molar-refractivity contribution in [2.24, 2.45) is 0 Å². The van der Waals surface area contributed by atoms with Gasteiger partial charge in [0.2, 0.25) is 0 Å². The molecule has 84 valence electrons. The van der Waals surface area contributed by atoms with Gasteiger partial charge in [-0.05, 0) is 24.1 Å². The van der Waals surface area contributed by atoms with E-state index in [1.807, 2.05) is 0 Å². The van der Waals surface area contributed by atoms with Gasteiger partial charge in [0, 0.05) is 16.2 Å². The molecule has 0 radical (unpaired) electrons. The van der Waals surface area contributed by atoms with Crippen LogP contribution in [0.2, 0.25) is 0 Å². The summed E-state index contributed by atoms with van der Waals surface area (Å²) in [5, 5.41) is 8.76. The third-order valence-electron chi connectivity index (χ3n) is 2.12. The van der Waals surface area contributed by atoms with Crippen LogP contribution in [0.15, 0.2) is 17.0 Å². The molecule has 16 heavy (non-hydrogen) atoms. The van der Waals surface area contributed by atoms with Crippen LogP contribution < -0.4 is 0 Å². The fourth-order valence-electron chi connectivity index (χ4n) is 1.34. The topological polar surface area (TPSA) is 75.0 Å². The SMILES string of the molecule is CCc1cc(C=O)c(C#N)cc1S(=O)(=O)Cl. The number of carbonyl (C=O) groups is 1. The quantitative estimate of drug-likeness (QED) is 0.612. The summed E-state index contributed by atoms with van der Waals surface area (Å²) in [5.74, 6) is 0. The van der Waals surface area contributed by atoms with Crippen LogP contribution in [-0.2, 0) is 15.5 Å². The second kappa shape index (κ2) is 4.64. The van der Waals surface area contributed by atoms with Crippen molar-refractivity contribution in [1.82, 2.24) is 0 Å². The van der Waals surface area contributed by atoms with E-state index in [-0.39, 0.29) is 16.0 Å². The molecule has 0 aliphatic carbocycles. The Bertz CT molecular complexity index is 572. The number of hydrogen-bond donors (Lipinski definition) is 0. The highest BCUT2D eigenvalue weighted by molar-refractivity contribution is 8.13. The zero-order valence-corrected chi connectivity index (χ0v) is 9.97. The van der Waals surface area contributed by atoms with Gasteiger partial charge < -0.3 is 0 Å². The summed E-state index contributed by atoms with van der Waals surface area (Å²) in [6.45, 7) is 1.74. The monoisotopic (exact) mass is 257 g/mol. The fraction of sp³-hybridized carbons (Fsp3) is 0.200. The van der Waals surface area contributed by atoms with Crippen molar-refractivity contribution >= 4 is 26.0 Å². The first-order valence-corrected chi connectivity index (χ1v) is 6.71. The van der Waals surface area contributed by atoms with E-state index in [4.69, 9.17) is 15.9 Å². The summed E-state index contributed by atoms with van der Waals surface area (Å²) in [6.07, 6.45) is 0.927. The van der Waals surface area contributed by atoms with Crippen LogP contribution >= 0.6 is 10.7 Å². The van der Waals surface area contributed by atoms with Gasteiger partial charge in [0.1, 0.15) is 0 Å². The minimum Gasteiger partial charge on any atom is -0.298 e. The summed E-state index contributed by atoms with van der Waals surface area (Å²) in [6, 6.07) is 4.26. The van der Waals surface area contributed by atoms with Gasteiger partial charge in [-0.2, -0.15) is 5.26 Å². The molecular formula is C10H8ClNO3S. The molecule has 0 aromatic heterocycles. The van der Waals surface area contributed by atoms with Crippen LogP contribution in [0, 0.1) is 11.3 Å².